The molecular formula is C31H45N5O5S2. The minimum atomic E-state index is -0.729. The number of aromatic hydroxyl groups is 1. The van der Waals surface area contributed by atoms with Crippen LogP contribution in [-0.4, -0.2) is 93.9 Å². The molecule has 2 aromatic heterocycles. The number of H-pyrrole nitrogens is 1. The Morgan fingerprint density at radius 1 is 1.14 bits per heavy atom. The van der Waals surface area contributed by atoms with Crippen molar-refractivity contribution >= 4 is 38.8 Å². The SMILES string of the molecule is Cc1nc(C(=O)N2CCOC3(CCN(CCCCCCCCCNCC(O)c4ccc(O)c5[nH]c(=O)sc45)CC3)C2)cs1. The molecule has 4 N–H and O–H groups in total. The highest BCUT2D eigenvalue weighted by Gasteiger charge is 2.41. The molecule has 1 spiro atoms. The number of aromatic nitrogens is 2. The Labute approximate surface area is 261 Å². The van der Waals surface area contributed by atoms with Gasteiger partial charge >= 0.3 is 4.87 Å². The van der Waals surface area contributed by atoms with E-state index in [1.54, 1.807) is 6.07 Å². The first-order valence-electron chi connectivity index (χ1n) is 15.6. The first-order chi connectivity index (χ1) is 20.8. The van der Waals surface area contributed by atoms with E-state index < -0.39 is 6.10 Å². The number of piperidine rings is 1. The number of fused-ring (bicyclic) bond motifs is 1. The maximum Gasteiger partial charge on any atom is 0.305 e. The Bertz CT molecular complexity index is 1400. The molecule has 1 amide bonds. The van der Waals surface area contributed by atoms with Crippen LogP contribution in [0.2, 0.25) is 0 Å². The van der Waals surface area contributed by atoms with E-state index in [0.717, 1.165) is 61.8 Å². The van der Waals surface area contributed by atoms with Crippen molar-refractivity contribution in [2.24, 2.45) is 0 Å². The normalized spacial score (nSPS) is 18.0. The number of thiazole rings is 2. The quantitative estimate of drug-likeness (QED) is 0.193. The van der Waals surface area contributed by atoms with Gasteiger partial charge in [0.15, 0.2) is 0 Å². The Morgan fingerprint density at radius 3 is 2.63 bits per heavy atom. The number of likely N-dealkylation sites (tertiary alicyclic amines) is 1. The maximum atomic E-state index is 12.9. The first-order valence-corrected chi connectivity index (χ1v) is 17.3. The predicted octanol–water partition coefficient (Wildman–Crippen LogP) is 4.42. The minimum absolute atomic E-state index is 0.0247. The lowest BCUT2D eigenvalue weighted by molar-refractivity contribution is -0.127. The Balaban J connectivity index is 0.883. The van der Waals surface area contributed by atoms with Crippen molar-refractivity contribution < 1.29 is 19.7 Å². The fourth-order valence-corrected chi connectivity index (χ4v) is 7.75. The number of morpholine rings is 1. The highest BCUT2D eigenvalue weighted by molar-refractivity contribution is 7.16. The molecule has 2 saturated heterocycles. The number of aromatic amines is 1. The minimum Gasteiger partial charge on any atom is -0.506 e. The summed E-state index contributed by atoms with van der Waals surface area (Å²) in [5.41, 5.74) is 1.42. The Kier molecular flexibility index (Phi) is 11.2. The number of hydrogen-bond donors (Lipinski definition) is 4. The average molecular weight is 632 g/mol. The van der Waals surface area contributed by atoms with Crippen LogP contribution in [-0.2, 0) is 4.74 Å². The predicted molar refractivity (Wildman–Crippen MR) is 171 cm³/mol. The van der Waals surface area contributed by atoms with Gasteiger partial charge in [-0.3, -0.25) is 9.59 Å². The third-order valence-electron chi connectivity index (χ3n) is 8.75. The number of rotatable bonds is 14. The molecule has 0 bridgehead atoms. The van der Waals surface area contributed by atoms with Crippen molar-refractivity contribution in [1.29, 1.82) is 0 Å². The molecule has 43 heavy (non-hydrogen) atoms. The fraction of sp³-hybridized carbons (Fsp3) is 0.645. The zero-order valence-electron chi connectivity index (χ0n) is 25.1. The van der Waals surface area contributed by atoms with Crippen LogP contribution in [0.15, 0.2) is 22.3 Å². The molecule has 1 unspecified atom stereocenters. The van der Waals surface area contributed by atoms with Gasteiger partial charge in [-0.2, -0.15) is 0 Å². The number of ether oxygens (including phenoxy) is 1. The third-order valence-corrected chi connectivity index (χ3v) is 10.5. The van der Waals surface area contributed by atoms with Gasteiger partial charge in [0.05, 0.1) is 34.6 Å². The molecule has 0 saturated carbocycles. The second-order valence-electron chi connectivity index (χ2n) is 11.9. The number of carbonyl (C=O) groups excluding carboxylic acids is 1. The highest BCUT2D eigenvalue weighted by Crippen LogP contribution is 2.32. The summed E-state index contributed by atoms with van der Waals surface area (Å²) in [5.74, 6) is 0.0614. The van der Waals surface area contributed by atoms with Gasteiger partial charge in [-0.1, -0.05) is 49.5 Å². The van der Waals surface area contributed by atoms with E-state index in [1.165, 1.54) is 55.9 Å². The van der Waals surface area contributed by atoms with Crippen molar-refractivity contribution in [1.82, 2.24) is 25.1 Å². The number of benzene rings is 1. The average Bonchev–Trinajstić information content (AvgIpc) is 3.62. The molecule has 0 aliphatic carbocycles. The first kappa shape index (κ1) is 32.1. The summed E-state index contributed by atoms with van der Waals surface area (Å²) < 4.78 is 6.87. The Morgan fingerprint density at radius 2 is 1.88 bits per heavy atom. The number of amides is 1. The van der Waals surface area contributed by atoms with Crippen molar-refractivity contribution in [2.75, 3.05) is 52.4 Å². The van der Waals surface area contributed by atoms with Crippen LogP contribution in [0.1, 0.15) is 85.0 Å². The van der Waals surface area contributed by atoms with E-state index in [0.29, 0.717) is 47.7 Å². The lowest BCUT2D eigenvalue weighted by Gasteiger charge is -2.47. The molecule has 4 heterocycles. The second kappa shape index (κ2) is 15.1. The zero-order chi connectivity index (χ0) is 30.2. The van der Waals surface area contributed by atoms with Crippen LogP contribution in [0, 0.1) is 6.92 Å². The third kappa shape index (κ3) is 8.43. The Hall–Kier alpha value is -2.35. The van der Waals surface area contributed by atoms with Crippen molar-refractivity contribution in [3.05, 3.63) is 43.4 Å². The van der Waals surface area contributed by atoms with Crippen LogP contribution >= 0.6 is 22.7 Å². The molecule has 10 nitrogen and oxygen atoms in total. The van der Waals surface area contributed by atoms with Crippen molar-refractivity contribution in [2.45, 2.75) is 76.4 Å². The van der Waals surface area contributed by atoms with Crippen molar-refractivity contribution in [3.8, 4) is 5.75 Å². The highest BCUT2D eigenvalue weighted by atomic mass is 32.1. The summed E-state index contributed by atoms with van der Waals surface area (Å²) in [5, 5.41) is 26.6. The van der Waals surface area contributed by atoms with E-state index in [-0.39, 0.29) is 22.1 Å². The van der Waals surface area contributed by atoms with Crippen LogP contribution in [0.4, 0.5) is 0 Å². The smallest absolute Gasteiger partial charge is 0.305 e. The topological polar surface area (TPSA) is 131 Å². The number of nitrogens with zero attached hydrogens (tertiary/aromatic N) is 3. The van der Waals surface area contributed by atoms with Gasteiger partial charge in [-0.25, -0.2) is 4.98 Å². The van der Waals surface area contributed by atoms with Gasteiger partial charge in [-0.15, -0.1) is 11.3 Å². The number of hydrogen-bond acceptors (Lipinski definition) is 10. The van der Waals surface area contributed by atoms with Crippen LogP contribution in [0.25, 0.3) is 10.2 Å². The zero-order valence-corrected chi connectivity index (χ0v) is 26.7. The monoisotopic (exact) mass is 631 g/mol. The van der Waals surface area contributed by atoms with Gasteiger partial charge < -0.3 is 35.1 Å². The molecule has 2 aliphatic heterocycles. The van der Waals surface area contributed by atoms with E-state index >= 15 is 0 Å². The summed E-state index contributed by atoms with van der Waals surface area (Å²) in [6.07, 6.45) is 9.67. The van der Waals surface area contributed by atoms with Crippen molar-refractivity contribution in [3.63, 3.8) is 0 Å². The van der Waals surface area contributed by atoms with Gasteiger partial charge in [-0.05, 0) is 51.8 Å². The molecule has 2 fully saturated rings. The fourth-order valence-electron chi connectivity index (χ4n) is 6.25. The van der Waals surface area contributed by atoms with Gasteiger partial charge in [0, 0.05) is 37.1 Å². The van der Waals surface area contributed by atoms with Crippen LogP contribution < -0.4 is 10.2 Å². The summed E-state index contributed by atoms with van der Waals surface area (Å²) in [4.78, 5) is 35.9. The van der Waals surface area contributed by atoms with Gasteiger partial charge in [0.1, 0.15) is 17.0 Å². The number of aliphatic hydroxyl groups excluding tert-OH is 1. The molecule has 3 aromatic rings. The molecule has 0 radical (unpaired) electrons. The second-order valence-corrected chi connectivity index (χ2v) is 14.0. The molecule has 2 aliphatic rings. The van der Waals surface area contributed by atoms with E-state index in [2.05, 4.69) is 20.2 Å². The van der Waals surface area contributed by atoms with Crippen LogP contribution in [0.3, 0.4) is 0 Å². The number of phenols is 1. The molecule has 236 valence electrons. The van der Waals surface area contributed by atoms with E-state index in [4.69, 9.17) is 4.74 Å². The lowest BCUT2D eigenvalue weighted by Crippen LogP contribution is -2.58. The van der Waals surface area contributed by atoms with E-state index in [1.807, 2.05) is 17.2 Å². The molecule has 5 rings (SSSR count). The number of carbonyl (C=O) groups is 1. The molecule has 12 heteroatoms. The molecule has 1 atom stereocenters. The lowest BCUT2D eigenvalue weighted by atomic mass is 9.89. The van der Waals surface area contributed by atoms with Gasteiger partial charge in [0.2, 0.25) is 0 Å². The number of phenolic OH excluding ortho intramolecular Hbond substituents is 1. The summed E-state index contributed by atoms with van der Waals surface area (Å²) in [6.45, 7) is 8.31. The number of nitrogens with one attached hydrogen (secondary N) is 2. The maximum absolute atomic E-state index is 12.9. The number of unbranched alkanes of at least 4 members (excludes halogenated alkanes) is 6. The molecule has 1 aromatic carbocycles. The summed E-state index contributed by atoms with van der Waals surface area (Å²) >= 11 is 2.54. The number of aliphatic hydroxyl groups is 1. The van der Waals surface area contributed by atoms with Crippen LogP contribution in [0.5, 0.6) is 5.75 Å². The molecular weight excluding hydrogens is 587 g/mol. The van der Waals surface area contributed by atoms with Gasteiger partial charge in [0.25, 0.3) is 5.91 Å². The number of aryl methyl sites for hydroxylation is 1. The van der Waals surface area contributed by atoms with E-state index in [9.17, 15) is 19.8 Å². The standard InChI is InChI=1S/C31H45N5O5S2/c1-22-33-24(20-42-22)29(39)36-17-18-41-31(21-36)11-15-35(16-12-31)14-8-6-4-2-3-5-7-13-32-19-26(38)23-9-10-25(37)27-28(23)43-30(40)34-27/h9-10,20,26,32,37-38H,2-8,11-19,21H2,1H3,(H,34,40). The largest absolute Gasteiger partial charge is 0.506 e. The summed E-state index contributed by atoms with van der Waals surface area (Å²) in [6, 6.07) is 3.20. The summed E-state index contributed by atoms with van der Waals surface area (Å²) in [7, 11) is 0.